The predicted octanol–water partition coefficient (Wildman–Crippen LogP) is 3.94. The Morgan fingerprint density at radius 3 is 2.45 bits per heavy atom. The Labute approximate surface area is 125 Å². The monoisotopic (exact) mass is 285 g/mol. The van der Waals surface area contributed by atoms with Gasteiger partial charge in [-0.3, -0.25) is 0 Å². The van der Waals surface area contributed by atoms with E-state index in [1.165, 1.54) is 16.5 Å². The molecule has 0 amide bonds. The molecular weight excluding hydrogens is 268 g/mol. The standard InChI is InChI=1S/C17H16N2.ClH/c1-11-7-8-16-14(9-11)12(2)10-17(19-16)13-5-3-4-6-15(13)18;/h3-10H,18H2,1-2H3;1H/p+1. The quantitative estimate of drug-likeness (QED) is 0.676. The van der Waals surface area contributed by atoms with Gasteiger partial charge in [-0.1, -0.05) is 23.8 Å². The van der Waals surface area contributed by atoms with Crippen molar-refractivity contribution >= 4 is 29.0 Å². The summed E-state index contributed by atoms with van der Waals surface area (Å²) in [5.74, 6) is 0. The van der Waals surface area contributed by atoms with Crippen LogP contribution in [0.4, 0.5) is 5.69 Å². The molecule has 1 aromatic heterocycles. The van der Waals surface area contributed by atoms with E-state index >= 15 is 0 Å². The zero-order valence-electron chi connectivity index (χ0n) is 11.6. The van der Waals surface area contributed by atoms with Crippen molar-refractivity contribution in [3.05, 3.63) is 59.7 Å². The SMILES string of the molecule is Cc1ccc2[nH+]c(-c3ccccc3N)cc(C)c2c1.Cl. The molecule has 0 saturated carbocycles. The number of aromatic amines is 1. The van der Waals surface area contributed by atoms with E-state index in [1.807, 2.05) is 24.3 Å². The van der Waals surface area contributed by atoms with Crippen LogP contribution in [-0.4, -0.2) is 0 Å². The Hall–Kier alpha value is -2.06. The second-order valence-electron chi connectivity index (χ2n) is 5.00. The number of aryl methyl sites for hydroxylation is 2. The second-order valence-corrected chi connectivity index (χ2v) is 5.00. The van der Waals surface area contributed by atoms with Gasteiger partial charge in [0.05, 0.1) is 5.56 Å². The van der Waals surface area contributed by atoms with Gasteiger partial charge in [-0.25, -0.2) is 4.98 Å². The van der Waals surface area contributed by atoms with E-state index in [0.717, 1.165) is 22.5 Å². The number of anilines is 1. The first-order valence-corrected chi connectivity index (χ1v) is 6.43. The highest BCUT2D eigenvalue weighted by atomic mass is 35.5. The summed E-state index contributed by atoms with van der Waals surface area (Å²) >= 11 is 0. The number of nitrogen functional groups attached to an aromatic ring is 1. The van der Waals surface area contributed by atoms with Crippen LogP contribution in [0.15, 0.2) is 48.5 Å². The lowest BCUT2D eigenvalue weighted by atomic mass is 10.0. The summed E-state index contributed by atoms with van der Waals surface area (Å²) in [4.78, 5) is 3.47. The van der Waals surface area contributed by atoms with Crippen molar-refractivity contribution in [3.8, 4) is 11.3 Å². The number of nitrogens with one attached hydrogen (secondary N) is 1. The molecule has 0 spiro atoms. The largest absolute Gasteiger partial charge is 0.398 e. The molecule has 0 bridgehead atoms. The highest BCUT2D eigenvalue weighted by Gasteiger charge is 2.13. The van der Waals surface area contributed by atoms with Crippen LogP contribution < -0.4 is 10.7 Å². The van der Waals surface area contributed by atoms with E-state index in [0.29, 0.717) is 0 Å². The first kappa shape index (κ1) is 14.4. The molecule has 0 aliphatic carbocycles. The summed E-state index contributed by atoms with van der Waals surface area (Å²) in [5.41, 5.74) is 12.6. The number of H-pyrrole nitrogens is 1. The number of pyridine rings is 1. The van der Waals surface area contributed by atoms with Gasteiger partial charge in [0.15, 0.2) is 0 Å². The molecule has 3 heteroatoms. The zero-order valence-corrected chi connectivity index (χ0v) is 12.4. The number of hydrogen-bond acceptors (Lipinski definition) is 1. The minimum Gasteiger partial charge on any atom is -0.398 e. The third-order valence-electron chi connectivity index (χ3n) is 3.48. The molecule has 1 heterocycles. The fraction of sp³-hybridized carbons (Fsp3) is 0.118. The minimum atomic E-state index is 0. The van der Waals surface area contributed by atoms with Crippen molar-refractivity contribution in [2.75, 3.05) is 5.73 Å². The lowest BCUT2D eigenvalue weighted by Crippen LogP contribution is -2.10. The number of aromatic nitrogens is 1. The van der Waals surface area contributed by atoms with Crippen LogP contribution >= 0.6 is 12.4 Å². The molecule has 0 aliphatic heterocycles. The third kappa shape index (κ3) is 2.47. The highest BCUT2D eigenvalue weighted by Crippen LogP contribution is 2.25. The van der Waals surface area contributed by atoms with E-state index in [1.54, 1.807) is 0 Å². The summed E-state index contributed by atoms with van der Waals surface area (Å²) in [6.45, 7) is 4.25. The Bertz CT molecular complexity index is 766. The summed E-state index contributed by atoms with van der Waals surface area (Å²) in [6, 6.07) is 16.5. The van der Waals surface area contributed by atoms with Crippen LogP contribution in [0.25, 0.3) is 22.2 Å². The van der Waals surface area contributed by atoms with Crippen LogP contribution in [-0.2, 0) is 0 Å². The van der Waals surface area contributed by atoms with Gasteiger partial charge in [0.1, 0.15) is 0 Å². The van der Waals surface area contributed by atoms with Gasteiger partial charge in [0, 0.05) is 23.2 Å². The number of nitrogens with two attached hydrogens (primary N) is 1. The van der Waals surface area contributed by atoms with Crippen LogP contribution in [0.5, 0.6) is 0 Å². The molecular formula is C17H18ClN2+. The van der Waals surface area contributed by atoms with Gasteiger partial charge in [-0.15, -0.1) is 12.4 Å². The molecule has 102 valence electrons. The summed E-state index contributed by atoms with van der Waals surface area (Å²) in [5, 5.41) is 1.26. The minimum absolute atomic E-state index is 0. The highest BCUT2D eigenvalue weighted by molar-refractivity contribution is 5.85. The molecule has 0 unspecified atom stereocenters. The van der Waals surface area contributed by atoms with Gasteiger partial charge in [-0.2, -0.15) is 0 Å². The third-order valence-corrected chi connectivity index (χ3v) is 3.48. The summed E-state index contributed by atoms with van der Waals surface area (Å²) in [6.07, 6.45) is 0. The maximum absolute atomic E-state index is 6.05. The Kier molecular flexibility index (Phi) is 3.96. The number of para-hydroxylation sites is 1. The summed E-state index contributed by atoms with van der Waals surface area (Å²) in [7, 11) is 0. The molecule has 0 saturated heterocycles. The van der Waals surface area contributed by atoms with E-state index in [2.05, 4.69) is 43.1 Å². The normalized spacial score (nSPS) is 10.3. The Morgan fingerprint density at radius 1 is 0.950 bits per heavy atom. The first-order valence-electron chi connectivity index (χ1n) is 6.43. The average molecular weight is 286 g/mol. The second kappa shape index (κ2) is 5.51. The van der Waals surface area contributed by atoms with Gasteiger partial charge in [0.25, 0.3) is 0 Å². The van der Waals surface area contributed by atoms with Crippen molar-refractivity contribution in [1.29, 1.82) is 0 Å². The van der Waals surface area contributed by atoms with Crippen molar-refractivity contribution in [2.45, 2.75) is 13.8 Å². The van der Waals surface area contributed by atoms with E-state index in [9.17, 15) is 0 Å². The van der Waals surface area contributed by atoms with E-state index in [-0.39, 0.29) is 12.4 Å². The lowest BCUT2D eigenvalue weighted by Gasteiger charge is -2.04. The Balaban J connectivity index is 0.00000147. The zero-order chi connectivity index (χ0) is 13.4. The maximum atomic E-state index is 6.05. The molecule has 0 fully saturated rings. The van der Waals surface area contributed by atoms with Crippen molar-refractivity contribution in [2.24, 2.45) is 0 Å². The van der Waals surface area contributed by atoms with E-state index < -0.39 is 0 Å². The number of rotatable bonds is 1. The Morgan fingerprint density at radius 2 is 1.70 bits per heavy atom. The molecule has 0 radical (unpaired) electrons. The maximum Gasteiger partial charge on any atom is 0.213 e. The molecule has 3 N–H and O–H groups in total. The molecule has 3 rings (SSSR count). The molecule has 2 aromatic carbocycles. The number of benzene rings is 2. The van der Waals surface area contributed by atoms with Crippen molar-refractivity contribution in [3.63, 3.8) is 0 Å². The van der Waals surface area contributed by atoms with E-state index in [4.69, 9.17) is 5.73 Å². The smallest absolute Gasteiger partial charge is 0.213 e. The molecule has 0 aliphatic rings. The van der Waals surface area contributed by atoms with Gasteiger partial charge < -0.3 is 5.73 Å². The number of halogens is 1. The predicted molar refractivity (Wildman–Crippen MR) is 87.1 cm³/mol. The number of hydrogen-bond donors (Lipinski definition) is 1. The van der Waals surface area contributed by atoms with Crippen LogP contribution in [0.1, 0.15) is 11.1 Å². The molecule has 3 aromatic rings. The topological polar surface area (TPSA) is 40.2 Å². The average Bonchev–Trinajstić information content (AvgIpc) is 2.40. The van der Waals surface area contributed by atoms with Gasteiger partial charge >= 0.3 is 0 Å². The molecule has 20 heavy (non-hydrogen) atoms. The lowest BCUT2D eigenvalue weighted by molar-refractivity contribution is -0.331. The first-order chi connectivity index (χ1) is 9.15. The number of fused-ring (bicyclic) bond motifs is 1. The fourth-order valence-corrected chi connectivity index (χ4v) is 2.46. The van der Waals surface area contributed by atoms with Crippen LogP contribution in [0.2, 0.25) is 0 Å². The molecule has 0 atom stereocenters. The van der Waals surface area contributed by atoms with Crippen molar-refractivity contribution in [1.82, 2.24) is 0 Å². The fourth-order valence-electron chi connectivity index (χ4n) is 2.46. The van der Waals surface area contributed by atoms with Gasteiger partial charge in [0.2, 0.25) is 11.2 Å². The molecule has 2 nitrogen and oxygen atoms in total. The van der Waals surface area contributed by atoms with Gasteiger partial charge in [-0.05, 0) is 37.6 Å². The van der Waals surface area contributed by atoms with Crippen LogP contribution in [0, 0.1) is 13.8 Å². The summed E-state index contributed by atoms with van der Waals surface area (Å²) < 4.78 is 0. The van der Waals surface area contributed by atoms with Crippen molar-refractivity contribution < 1.29 is 4.98 Å². The van der Waals surface area contributed by atoms with Crippen LogP contribution in [0.3, 0.4) is 0 Å².